The quantitative estimate of drug-likeness (QED) is 0.428. The number of aryl methyl sites for hydroxylation is 1. The lowest BCUT2D eigenvalue weighted by molar-refractivity contribution is 0.218. The highest BCUT2D eigenvalue weighted by Gasteiger charge is 2.29. The van der Waals surface area contributed by atoms with Crippen LogP contribution in [0.5, 0.6) is 0 Å². The van der Waals surface area contributed by atoms with E-state index in [1.807, 2.05) is 13.0 Å². The Bertz CT molecular complexity index is 581. The summed E-state index contributed by atoms with van der Waals surface area (Å²) in [5, 5.41) is 0. The molecule has 0 amide bonds. The van der Waals surface area contributed by atoms with Crippen LogP contribution in [0.25, 0.3) is 0 Å². The maximum atomic E-state index is 12.7. The molecule has 0 N–H and O–H groups in total. The number of hydrogen-bond acceptors (Lipinski definition) is 7. The Morgan fingerprint density at radius 1 is 0.833 bits per heavy atom. The van der Waals surface area contributed by atoms with E-state index in [4.69, 9.17) is 18.1 Å². The molecule has 0 saturated carbocycles. The van der Waals surface area contributed by atoms with Gasteiger partial charge in [-0.2, -0.15) is 0 Å². The molecule has 0 fully saturated rings. The molecule has 9 heteroatoms. The molecule has 24 heavy (non-hydrogen) atoms. The Morgan fingerprint density at radius 2 is 1.25 bits per heavy atom. The van der Waals surface area contributed by atoms with Gasteiger partial charge in [-0.25, -0.2) is 0 Å². The number of rotatable bonds is 12. The average Bonchev–Trinajstić information content (AvgIpc) is 2.78. The SMILES string of the molecule is CCOP(=O)(Cc1cc(C)c(CP(=O)(OCC)OCC)s1)OCC. The summed E-state index contributed by atoms with van der Waals surface area (Å²) in [5.41, 5.74) is 0.981. The maximum absolute atomic E-state index is 12.7. The van der Waals surface area contributed by atoms with Crippen LogP contribution in [-0.2, 0) is 39.5 Å². The van der Waals surface area contributed by atoms with Gasteiger partial charge in [0.2, 0.25) is 0 Å². The number of thiophene rings is 1. The Balaban J connectivity index is 2.94. The van der Waals surface area contributed by atoms with Crippen molar-refractivity contribution < 1.29 is 27.2 Å². The fraction of sp³-hybridized carbons (Fsp3) is 0.733. The van der Waals surface area contributed by atoms with Crippen LogP contribution in [0.4, 0.5) is 0 Å². The summed E-state index contributed by atoms with van der Waals surface area (Å²) < 4.78 is 46.7. The minimum absolute atomic E-state index is 0.216. The van der Waals surface area contributed by atoms with Crippen LogP contribution in [0.1, 0.15) is 43.0 Å². The molecule has 1 aromatic rings. The van der Waals surface area contributed by atoms with Gasteiger partial charge >= 0.3 is 15.2 Å². The summed E-state index contributed by atoms with van der Waals surface area (Å²) in [6.45, 7) is 10.4. The Labute approximate surface area is 148 Å². The lowest BCUT2D eigenvalue weighted by Gasteiger charge is -2.16. The fourth-order valence-electron chi connectivity index (χ4n) is 2.24. The molecule has 0 saturated heterocycles. The highest BCUT2D eigenvalue weighted by molar-refractivity contribution is 7.54. The molecule has 0 aliphatic carbocycles. The second-order valence-corrected chi connectivity index (χ2v) is 10.4. The Hall–Kier alpha value is -0.0000000000000000486. The summed E-state index contributed by atoms with van der Waals surface area (Å²) in [7, 11) is -6.30. The normalized spacial score (nSPS) is 12.7. The zero-order chi connectivity index (χ0) is 18.2. The molecule has 0 bridgehead atoms. The minimum Gasteiger partial charge on any atom is -0.309 e. The first-order chi connectivity index (χ1) is 11.3. The van der Waals surface area contributed by atoms with Crippen molar-refractivity contribution in [3.63, 3.8) is 0 Å². The molecular formula is C15H28O6P2S. The molecule has 0 aliphatic heterocycles. The molecule has 0 radical (unpaired) electrons. The van der Waals surface area contributed by atoms with Crippen LogP contribution in [0.2, 0.25) is 0 Å². The number of hydrogen-bond donors (Lipinski definition) is 0. The monoisotopic (exact) mass is 398 g/mol. The largest absolute Gasteiger partial charge is 0.335 e. The van der Waals surface area contributed by atoms with E-state index in [1.54, 1.807) is 27.7 Å². The van der Waals surface area contributed by atoms with Gasteiger partial charge in [-0.1, -0.05) is 0 Å². The minimum atomic E-state index is -3.15. The van der Waals surface area contributed by atoms with Crippen molar-refractivity contribution in [3.05, 3.63) is 21.4 Å². The topological polar surface area (TPSA) is 71.1 Å². The third kappa shape index (κ3) is 6.72. The lowest BCUT2D eigenvalue weighted by Crippen LogP contribution is -1.98. The Morgan fingerprint density at radius 3 is 1.67 bits per heavy atom. The smallest absolute Gasteiger partial charge is 0.309 e. The van der Waals surface area contributed by atoms with Crippen molar-refractivity contribution in [3.8, 4) is 0 Å². The molecule has 1 rings (SSSR count). The summed E-state index contributed by atoms with van der Waals surface area (Å²) in [5.74, 6) is 0. The van der Waals surface area contributed by atoms with Gasteiger partial charge in [-0.15, -0.1) is 11.3 Å². The van der Waals surface area contributed by atoms with E-state index in [-0.39, 0.29) is 12.3 Å². The van der Waals surface area contributed by atoms with E-state index < -0.39 is 15.2 Å². The third-order valence-electron chi connectivity index (χ3n) is 3.06. The predicted octanol–water partition coefficient (Wildman–Crippen LogP) is 5.59. The van der Waals surface area contributed by atoms with E-state index >= 15 is 0 Å². The van der Waals surface area contributed by atoms with E-state index in [1.165, 1.54) is 11.3 Å². The molecule has 0 aromatic carbocycles. The van der Waals surface area contributed by atoms with Gasteiger partial charge in [0.15, 0.2) is 0 Å². The second-order valence-electron chi connectivity index (χ2n) is 5.03. The summed E-state index contributed by atoms with van der Waals surface area (Å²) in [6.07, 6.45) is 0.437. The van der Waals surface area contributed by atoms with Crippen molar-refractivity contribution in [1.29, 1.82) is 0 Å². The van der Waals surface area contributed by atoms with E-state index in [2.05, 4.69) is 0 Å². The molecular weight excluding hydrogens is 370 g/mol. The van der Waals surface area contributed by atoms with Crippen molar-refractivity contribution in [2.45, 2.75) is 46.9 Å². The van der Waals surface area contributed by atoms with Crippen LogP contribution in [0, 0.1) is 6.92 Å². The van der Waals surface area contributed by atoms with Crippen molar-refractivity contribution in [2.75, 3.05) is 26.4 Å². The van der Waals surface area contributed by atoms with Crippen molar-refractivity contribution in [2.24, 2.45) is 0 Å². The van der Waals surface area contributed by atoms with Gasteiger partial charge in [0, 0.05) is 9.75 Å². The van der Waals surface area contributed by atoms with E-state index in [0.717, 1.165) is 15.3 Å². The van der Waals surface area contributed by atoms with Crippen LogP contribution in [0.15, 0.2) is 6.07 Å². The molecule has 0 atom stereocenters. The van der Waals surface area contributed by atoms with Crippen LogP contribution in [0.3, 0.4) is 0 Å². The second kappa shape index (κ2) is 10.2. The van der Waals surface area contributed by atoms with Gasteiger partial charge in [-0.05, 0) is 46.2 Å². The molecule has 0 unspecified atom stereocenters. The highest BCUT2D eigenvalue weighted by atomic mass is 32.1. The first-order valence-corrected chi connectivity index (χ1v) is 12.4. The van der Waals surface area contributed by atoms with Crippen LogP contribution < -0.4 is 0 Å². The summed E-state index contributed by atoms with van der Waals surface area (Å²) in [6, 6.07) is 1.94. The van der Waals surface area contributed by atoms with E-state index in [9.17, 15) is 9.13 Å². The fourth-order valence-corrected chi connectivity index (χ4v) is 7.63. The van der Waals surface area contributed by atoms with Crippen LogP contribution in [-0.4, -0.2) is 26.4 Å². The third-order valence-corrected chi connectivity index (χ3v) is 8.76. The standard InChI is InChI=1S/C15H28O6P2S/c1-6-18-22(16,19-7-2)11-14-10-13(5)15(24-14)12-23(17,20-8-3)21-9-4/h10H,6-9,11-12H2,1-5H3. The molecule has 0 aliphatic rings. The summed E-state index contributed by atoms with van der Waals surface area (Å²) in [4.78, 5) is 1.79. The zero-order valence-corrected chi connectivity index (χ0v) is 17.7. The van der Waals surface area contributed by atoms with Crippen LogP contribution >= 0.6 is 26.5 Å². The van der Waals surface area contributed by atoms with E-state index in [0.29, 0.717) is 26.4 Å². The first kappa shape index (κ1) is 22.0. The summed E-state index contributed by atoms with van der Waals surface area (Å²) >= 11 is 1.45. The zero-order valence-electron chi connectivity index (χ0n) is 15.1. The lowest BCUT2D eigenvalue weighted by atomic mass is 10.3. The maximum Gasteiger partial charge on any atom is 0.335 e. The molecule has 0 spiro atoms. The molecule has 1 aromatic heterocycles. The van der Waals surface area contributed by atoms with Gasteiger partial charge in [0.1, 0.15) is 0 Å². The Kier molecular flexibility index (Phi) is 9.39. The van der Waals surface area contributed by atoms with Crippen molar-refractivity contribution >= 4 is 26.5 Å². The predicted molar refractivity (Wildman–Crippen MR) is 98.2 cm³/mol. The molecule has 6 nitrogen and oxygen atoms in total. The molecule has 140 valence electrons. The van der Waals surface area contributed by atoms with Crippen molar-refractivity contribution in [1.82, 2.24) is 0 Å². The average molecular weight is 398 g/mol. The first-order valence-electron chi connectivity index (χ1n) is 8.15. The van der Waals surface area contributed by atoms with Gasteiger partial charge in [-0.3, -0.25) is 9.13 Å². The van der Waals surface area contributed by atoms with Gasteiger partial charge in [0.05, 0.1) is 38.8 Å². The van der Waals surface area contributed by atoms with Gasteiger partial charge < -0.3 is 18.1 Å². The molecule has 1 heterocycles. The van der Waals surface area contributed by atoms with Gasteiger partial charge in [0.25, 0.3) is 0 Å². The highest BCUT2D eigenvalue weighted by Crippen LogP contribution is 2.55.